The summed E-state index contributed by atoms with van der Waals surface area (Å²) >= 11 is 3.22. The number of fused-ring (bicyclic) bond motifs is 1. The molecule has 0 bridgehead atoms. The number of hydrogen-bond acceptors (Lipinski definition) is 3. The standard InChI is InChI=1S/C9H6BrNO3S/c10-8-4-6(15(12,13)14)5-9-7(8)2-1-3-11-9/h1-5H,(H,12,13,14). The molecule has 0 aliphatic carbocycles. The summed E-state index contributed by atoms with van der Waals surface area (Å²) in [7, 11) is -4.19. The van der Waals surface area contributed by atoms with E-state index in [0.29, 0.717) is 9.99 Å². The molecule has 1 aromatic carbocycles. The highest BCUT2D eigenvalue weighted by Gasteiger charge is 2.12. The van der Waals surface area contributed by atoms with Gasteiger partial charge in [0.15, 0.2) is 0 Å². The van der Waals surface area contributed by atoms with Gasteiger partial charge in [0.2, 0.25) is 0 Å². The highest BCUT2D eigenvalue weighted by atomic mass is 79.9. The van der Waals surface area contributed by atoms with Crippen LogP contribution in [0.2, 0.25) is 0 Å². The molecular weight excluding hydrogens is 282 g/mol. The zero-order chi connectivity index (χ0) is 11.1. The lowest BCUT2D eigenvalue weighted by Crippen LogP contribution is -1.98. The molecule has 2 rings (SSSR count). The molecule has 0 radical (unpaired) electrons. The molecule has 0 fully saturated rings. The first kappa shape index (κ1) is 10.5. The third-order valence-corrected chi connectivity index (χ3v) is 3.43. The van der Waals surface area contributed by atoms with E-state index >= 15 is 0 Å². The number of pyridine rings is 1. The minimum Gasteiger partial charge on any atom is -0.282 e. The maximum atomic E-state index is 10.9. The Hall–Kier alpha value is -0.980. The van der Waals surface area contributed by atoms with Gasteiger partial charge >= 0.3 is 0 Å². The number of nitrogens with zero attached hydrogens (tertiary/aromatic N) is 1. The summed E-state index contributed by atoms with van der Waals surface area (Å²) in [6.45, 7) is 0. The molecule has 0 amide bonds. The van der Waals surface area contributed by atoms with Gasteiger partial charge in [0.25, 0.3) is 10.1 Å². The maximum absolute atomic E-state index is 10.9. The molecule has 1 aromatic heterocycles. The van der Waals surface area contributed by atoms with Gasteiger partial charge in [-0.15, -0.1) is 0 Å². The van der Waals surface area contributed by atoms with E-state index in [1.165, 1.54) is 12.1 Å². The fraction of sp³-hybridized carbons (Fsp3) is 0. The third kappa shape index (κ3) is 2.01. The topological polar surface area (TPSA) is 67.3 Å². The van der Waals surface area contributed by atoms with Crippen LogP contribution in [-0.4, -0.2) is 18.0 Å². The Balaban J connectivity index is 2.85. The summed E-state index contributed by atoms with van der Waals surface area (Å²) in [5, 5.41) is 0.796. The summed E-state index contributed by atoms with van der Waals surface area (Å²) in [6, 6.07) is 6.23. The van der Waals surface area contributed by atoms with E-state index in [-0.39, 0.29) is 4.90 Å². The Kier molecular flexibility index (Phi) is 2.49. The second-order valence-corrected chi connectivity index (χ2v) is 5.23. The molecule has 0 aliphatic rings. The molecule has 0 saturated heterocycles. The summed E-state index contributed by atoms with van der Waals surface area (Å²) in [5.74, 6) is 0. The smallest absolute Gasteiger partial charge is 0.282 e. The molecule has 0 spiro atoms. The first-order valence-electron chi connectivity index (χ1n) is 4.00. The van der Waals surface area contributed by atoms with Crippen molar-refractivity contribution in [1.29, 1.82) is 0 Å². The van der Waals surface area contributed by atoms with E-state index in [1.54, 1.807) is 18.3 Å². The van der Waals surface area contributed by atoms with Crippen LogP contribution in [0.15, 0.2) is 39.8 Å². The molecule has 15 heavy (non-hydrogen) atoms. The molecule has 0 unspecified atom stereocenters. The van der Waals surface area contributed by atoms with Crippen molar-refractivity contribution in [3.63, 3.8) is 0 Å². The number of hydrogen-bond donors (Lipinski definition) is 1. The maximum Gasteiger partial charge on any atom is 0.294 e. The average molecular weight is 288 g/mol. The van der Waals surface area contributed by atoms with Crippen molar-refractivity contribution in [3.05, 3.63) is 34.9 Å². The van der Waals surface area contributed by atoms with Crippen molar-refractivity contribution in [2.75, 3.05) is 0 Å². The first-order chi connectivity index (χ1) is 6.98. The molecule has 6 heteroatoms. The zero-order valence-corrected chi connectivity index (χ0v) is 9.79. The molecule has 78 valence electrons. The first-order valence-corrected chi connectivity index (χ1v) is 6.23. The lowest BCUT2D eigenvalue weighted by atomic mass is 10.2. The van der Waals surface area contributed by atoms with Crippen molar-refractivity contribution in [1.82, 2.24) is 4.98 Å². The van der Waals surface area contributed by atoms with E-state index in [1.807, 2.05) is 0 Å². The Morgan fingerprint density at radius 1 is 1.33 bits per heavy atom. The van der Waals surface area contributed by atoms with E-state index in [2.05, 4.69) is 20.9 Å². The highest BCUT2D eigenvalue weighted by Crippen LogP contribution is 2.26. The van der Waals surface area contributed by atoms with Gasteiger partial charge in [-0.3, -0.25) is 9.54 Å². The molecule has 2 aromatic rings. The molecule has 0 saturated carbocycles. The fourth-order valence-corrected chi connectivity index (χ4v) is 2.52. The Bertz CT molecular complexity index is 624. The van der Waals surface area contributed by atoms with Crippen LogP contribution in [-0.2, 0) is 10.1 Å². The van der Waals surface area contributed by atoms with E-state index in [4.69, 9.17) is 4.55 Å². The van der Waals surface area contributed by atoms with Crippen LogP contribution in [0.5, 0.6) is 0 Å². The van der Waals surface area contributed by atoms with E-state index in [0.717, 1.165) is 5.39 Å². The third-order valence-electron chi connectivity index (χ3n) is 1.94. The summed E-state index contributed by atoms with van der Waals surface area (Å²) in [4.78, 5) is 3.84. The summed E-state index contributed by atoms with van der Waals surface area (Å²) in [5.41, 5.74) is 0.513. The van der Waals surface area contributed by atoms with Crippen molar-refractivity contribution in [2.24, 2.45) is 0 Å². The van der Waals surface area contributed by atoms with Crippen LogP contribution in [0, 0.1) is 0 Å². The molecular formula is C9H6BrNO3S. The van der Waals surface area contributed by atoms with Crippen molar-refractivity contribution in [2.45, 2.75) is 4.90 Å². The normalized spacial score (nSPS) is 11.9. The van der Waals surface area contributed by atoms with Crippen LogP contribution in [0.4, 0.5) is 0 Å². The summed E-state index contributed by atoms with van der Waals surface area (Å²) < 4.78 is 31.4. The number of halogens is 1. The van der Waals surface area contributed by atoms with Crippen LogP contribution >= 0.6 is 15.9 Å². The SMILES string of the molecule is O=S(=O)(O)c1cc(Br)c2cccnc2c1. The second-order valence-electron chi connectivity index (χ2n) is 2.95. The van der Waals surface area contributed by atoms with Gasteiger partial charge < -0.3 is 0 Å². The van der Waals surface area contributed by atoms with Crippen molar-refractivity contribution < 1.29 is 13.0 Å². The van der Waals surface area contributed by atoms with Gasteiger partial charge in [-0.1, -0.05) is 22.0 Å². The molecule has 0 atom stereocenters. The number of rotatable bonds is 1. The zero-order valence-electron chi connectivity index (χ0n) is 7.38. The molecule has 1 N–H and O–H groups in total. The van der Waals surface area contributed by atoms with E-state index < -0.39 is 10.1 Å². The Morgan fingerprint density at radius 3 is 2.73 bits per heavy atom. The molecule has 1 heterocycles. The lowest BCUT2D eigenvalue weighted by Gasteiger charge is -2.02. The Labute approximate surface area is 94.8 Å². The minimum absolute atomic E-state index is 0.166. The molecule has 0 aliphatic heterocycles. The van der Waals surface area contributed by atoms with Gasteiger partial charge in [0.05, 0.1) is 10.4 Å². The van der Waals surface area contributed by atoms with Gasteiger partial charge in [0, 0.05) is 16.1 Å². The molecule has 4 nitrogen and oxygen atoms in total. The largest absolute Gasteiger partial charge is 0.294 e. The predicted molar refractivity (Wildman–Crippen MR) is 59.3 cm³/mol. The number of aromatic nitrogens is 1. The lowest BCUT2D eigenvalue weighted by molar-refractivity contribution is 0.483. The monoisotopic (exact) mass is 287 g/mol. The van der Waals surface area contributed by atoms with Gasteiger partial charge in [0.1, 0.15) is 0 Å². The van der Waals surface area contributed by atoms with Crippen LogP contribution in [0.25, 0.3) is 10.9 Å². The summed E-state index contributed by atoms with van der Waals surface area (Å²) in [6.07, 6.45) is 1.56. The van der Waals surface area contributed by atoms with Gasteiger partial charge in [-0.2, -0.15) is 8.42 Å². The average Bonchev–Trinajstić information content (AvgIpc) is 2.16. The van der Waals surface area contributed by atoms with E-state index in [9.17, 15) is 8.42 Å². The fourth-order valence-electron chi connectivity index (χ4n) is 1.26. The second kappa shape index (κ2) is 3.55. The highest BCUT2D eigenvalue weighted by molar-refractivity contribution is 9.10. The van der Waals surface area contributed by atoms with Crippen molar-refractivity contribution in [3.8, 4) is 0 Å². The van der Waals surface area contributed by atoms with Crippen LogP contribution in [0.3, 0.4) is 0 Å². The minimum atomic E-state index is -4.19. The Morgan fingerprint density at radius 2 is 2.07 bits per heavy atom. The van der Waals surface area contributed by atoms with Gasteiger partial charge in [-0.05, 0) is 18.2 Å². The van der Waals surface area contributed by atoms with Crippen LogP contribution < -0.4 is 0 Å². The van der Waals surface area contributed by atoms with Crippen molar-refractivity contribution >= 4 is 37.0 Å². The van der Waals surface area contributed by atoms with Gasteiger partial charge in [-0.25, -0.2) is 0 Å². The quantitative estimate of drug-likeness (QED) is 0.817. The number of benzene rings is 1. The predicted octanol–water partition coefficient (Wildman–Crippen LogP) is 2.24. The van der Waals surface area contributed by atoms with Crippen LogP contribution in [0.1, 0.15) is 0 Å².